The van der Waals surface area contributed by atoms with Gasteiger partial charge >= 0.3 is 5.97 Å². The highest BCUT2D eigenvalue weighted by Gasteiger charge is 2.55. The topological polar surface area (TPSA) is 44.8 Å². The molecule has 2 rings (SSSR count). The maximum atomic E-state index is 12.1. The van der Waals surface area contributed by atoms with Crippen molar-refractivity contribution in [2.24, 2.45) is 0 Å². The lowest BCUT2D eigenvalue weighted by Gasteiger charge is -2.42. The molecule has 0 bridgehead atoms. The SMILES string of the molecule is [B]C([B])(C[C@]1([B])OC(C)(C)OC1([B])[B])OC(=O)c1ccccc1. The monoisotopic (exact) mass is 300 g/mol. The van der Waals surface area contributed by atoms with Crippen LogP contribution >= 0.6 is 0 Å². The predicted octanol–water partition coefficient (Wildman–Crippen LogP) is -0.137. The third-order valence-electron chi connectivity index (χ3n) is 3.34. The van der Waals surface area contributed by atoms with Crippen LogP contribution in [0.5, 0.6) is 0 Å². The predicted molar refractivity (Wildman–Crippen MR) is 89.7 cm³/mol. The lowest BCUT2D eigenvalue weighted by Crippen LogP contribution is -2.58. The molecule has 1 aromatic rings. The molecule has 108 valence electrons. The van der Waals surface area contributed by atoms with Gasteiger partial charge < -0.3 is 14.2 Å². The van der Waals surface area contributed by atoms with Gasteiger partial charge in [-0.3, -0.25) is 0 Å². The number of hydrogen-bond donors (Lipinski definition) is 0. The molecule has 0 N–H and O–H groups in total. The maximum Gasteiger partial charge on any atom is 0.337 e. The van der Waals surface area contributed by atoms with E-state index in [9.17, 15) is 4.79 Å². The van der Waals surface area contributed by atoms with Gasteiger partial charge in [0.1, 0.15) is 39.2 Å². The van der Waals surface area contributed by atoms with Crippen molar-refractivity contribution in [1.29, 1.82) is 0 Å². The Morgan fingerprint density at radius 3 is 2.17 bits per heavy atom. The lowest BCUT2D eigenvalue weighted by atomic mass is 9.44. The molecule has 1 atom stereocenters. The van der Waals surface area contributed by atoms with Gasteiger partial charge in [-0.1, -0.05) is 18.2 Å². The van der Waals surface area contributed by atoms with Crippen LogP contribution in [-0.2, 0) is 14.2 Å². The first-order chi connectivity index (χ1) is 10.4. The van der Waals surface area contributed by atoms with E-state index >= 15 is 0 Å². The second-order valence-corrected chi connectivity index (χ2v) is 6.17. The molecule has 23 heavy (non-hydrogen) atoms. The standard InChI is InChI=1S/C14H13B5O4/c1-11(2)22-12(15,14(18,19)23-11)8-13(16,17)21-10(20)9-6-4-3-5-7-9/h3-7H,8H2,1-2H3/t12-/m0/s1. The summed E-state index contributed by atoms with van der Waals surface area (Å²) < 4.78 is 16.0. The Hall–Kier alpha value is -1.07. The first kappa shape index (κ1) is 18.3. The third kappa shape index (κ3) is 4.07. The van der Waals surface area contributed by atoms with E-state index in [0.717, 1.165) is 0 Å². The fraction of sp³-hybridized carbons (Fsp3) is 0.500. The van der Waals surface area contributed by atoms with Crippen LogP contribution in [0.4, 0.5) is 0 Å². The molecule has 1 fully saturated rings. The van der Waals surface area contributed by atoms with Gasteiger partial charge in [0, 0.05) is 16.3 Å². The van der Waals surface area contributed by atoms with Gasteiger partial charge in [-0.15, -0.1) is 0 Å². The minimum absolute atomic E-state index is 0.287. The molecule has 0 saturated carbocycles. The van der Waals surface area contributed by atoms with Crippen molar-refractivity contribution in [3.63, 3.8) is 0 Å². The van der Waals surface area contributed by atoms with Gasteiger partial charge in [-0.05, 0) is 32.4 Å². The molecule has 10 radical (unpaired) electrons. The summed E-state index contributed by atoms with van der Waals surface area (Å²) >= 11 is 0. The second-order valence-electron chi connectivity index (χ2n) is 6.17. The van der Waals surface area contributed by atoms with Gasteiger partial charge in [0.2, 0.25) is 0 Å². The lowest BCUT2D eigenvalue weighted by molar-refractivity contribution is -0.152. The first-order valence-electron chi connectivity index (χ1n) is 6.99. The van der Waals surface area contributed by atoms with Crippen molar-refractivity contribution >= 4 is 45.2 Å². The van der Waals surface area contributed by atoms with Gasteiger partial charge in [-0.25, -0.2) is 4.79 Å². The zero-order valence-corrected chi connectivity index (χ0v) is 13.1. The maximum absolute atomic E-state index is 12.1. The van der Waals surface area contributed by atoms with Crippen LogP contribution < -0.4 is 0 Å². The molecular formula is C14H13B5O4. The summed E-state index contributed by atoms with van der Waals surface area (Å²) in [6.45, 7) is 3.17. The van der Waals surface area contributed by atoms with E-state index in [0.29, 0.717) is 0 Å². The molecule has 1 aliphatic heterocycles. The van der Waals surface area contributed by atoms with Crippen molar-refractivity contribution < 1.29 is 19.0 Å². The summed E-state index contributed by atoms with van der Waals surface area (Å²) in [6, 6.07) is 8.23. The third-order valence-corrected chi connectivity index (χ3v) is 3.34. The average molecular weight is 299 g/mol. The number of benzene rings is 1. The Kier molecular flexibility index (Phi) is 4.59. The molecule has 4 nitrogen and oxygen atoms in total. The van der Waals surface area contributed by atoms with Gasteiger partial charge in [0.15, 0.2) is 5.79 Å². The highest BCUT2D eigenvalue weighted by Crippen LogP contribution is 2.42. The molecule has 0 amide bonds. The van der Waals surface area contributed by atoms with E-state index < -0.39 is 28.1 Å². The van der Waals surface area contributed by atoms with E-state index in [-0.39, 0.29) is 12.0 Å². The molecule has 0 spiro atoms. The number of carbonyl (C=O) groups is 1. The Bertz CT molecular complexity index is 590. The molecule has 1 aliphatic rings. The molecular weight excluding hydrogens is 286 g/mol. The molecule has 1 saturated heterocycles. The zero-order valence-electron chi connectivity index (χ0n) is 13.1. The van der Waals surface area contributed by atoms with Crippen molar-refractivity contribution in [2.45, 2.75) is 42.4 Å². The zero-order chi connectivity index (χ0) is 17.5. The summed E-state index contributed by atoms with van der Waals surface area (Å²) in [6.07, 6.45) is -0.380. The van der Waals surface area contributed by atoms with Gasteiger partial charge in [0.25, 0.3) is 0 Å². The molecule has 0 unspecified atom stereocenters. The summed E-state index contributed by atoms with van der Waals surface area (Å²) in [4.78, 5) is 12.1. The number of ether oxygens (including phenoxy) is 3. The quantitative estimate of drug-likeness (QED) is 0.573. The summed E-state index contributed by atoms with van der Waals surface area (Å²) in [5.74, 6) is -1.85. The Balaban J connectivity index is 2.13. The summed E-state index contributed by atoms with van der Waals surface area (Å²) in [5.41, 5.74) is -1.47. The Labute approximate surface area is 143 Å². The number of esters is 1. The molecule has 9 heteroatoms. The summed E-state index contributed by atoms with van der Waals surface area (Å²) in [5, 5.41) is -3.82. The van der Waals surface area contributed by atoms with Crippen molar-refractivity contribution in [3.05, 3.63) is 35.9 Å². The number of carbonyl (C=O) groups excluding carboxylic acids is 1. The van der Waals surface area contributed by atoms with E-state index in [4.69, 9.17) is 53.4 Å². The van der Waals surface area contributed by atoms with Crippen LogP contribution in [0.15, 0.2) is 30.3 Å². The minimum Gasteiger partial charge on any atom is -0.476 e. The van der Waals surface area contributed by atoms with Crippen LogP contribution in [-0.4, -0.2) is 67.3 Å². The first-order valence-corrected chi connectivity index (χ1v) is 6.99. The van der Waals surface area contributed by atoms with E-state index in [1.165, 1.54) is 0 Å². The normalized spacial score (nSPS) is 25.8. The largest absolute Gasteiger partial charge is 0.476 e. The fourth-order valence-electron chi connectivity index (χ4n) is 2.46. The van der Waals surface area contributed by atoms with Crippen molar-refractivity contribution in [2.75, 3.05) is 0 Å². The van der Waals surface area contributed by atoms with E-state index in [2.05, 4.69) is 0 Å². The fourth-order valence-corrected chi connectivity index (χ4v) is 2.46. The number of rotatable bonds is 4. The second kappa shape index (κ2) is 5.78. The van der Waals surface area contributed by atoms with Crippen LogP contribution in [0.25, 0.3) is 0 Å². The molecule has 0 aromatic heterocycles. The van der Waals surface area contributed by atoms with Crippen LogP contribution in [0.3, 0.4) is 0 Å². The van der Waals surface area contributed by atoms with Gasteiger partial charge in [0.05, 0.1) is 5.56 Å². The highest BCUT2D eigenvalue weighted by atomic mass is 16.8. The van der Waals surface area contributed by atoms with Crippen LogP contribution in [0, 0.1) is 0 Å². The van der Waals surface area contributed by atoms with Gasteiger partial charge in [-0.2, -0.15) is 0 Å². The Morgan fingerprint density at radius 1 is 1.13 bits per heavy atom. The van der Waals surface area contributed by atoms with E-state index in [1.807, 2.05) is 0 Å². The molecule has 1 aromatic carbocycles. The minimum atomic E-state index is -1.96. The smallest absolute Gasteiger partial charge is 0.337 e. The van der Waals surface area contributed by atoms with Crippen LogP contribution in [0.1, 0.15) is 30.6 Å². The number of hydrogen-bond acceptors (Lipinski definition) is 4. The average Bonchev–Trinajstić information content (AvgIpc) is 2.51. The van der Waals surface area contributed by atoms with Crippen LogP contribution in [0.2, 0.25) is 0 Å². The van der Waals surface area contributed by atoms with Crippen molar-refractivity contribution in [3.8, 4) is 0 Å². The molecule has 0 aliphatic carbocycles. The molecule has 1 heterocycles. The van der Waals surface area contributed by atoms with Crippen molar-refractivity contribution in [1.82, 2.24) is 0 Å². The Morgan fingerprint density at radius 2 is 1.70 bits per heavy atom. The highest BCUT2D eigenvalue weighted by molar-refractivity contribution is 6.45. The van der Waals surface area contributed by atoms with E-state index in [1.54, 1.807) is 44.2 Å². The summed E-state index contributed by atoms with van der Waals surface area (Å²) in [7, 11) is 29.4.